The third-order valence-electron chi connectivity index (χ3n) is 8.75. The number of aliphatic imine (C=N–C) groups is 1. The number of carboxylic acids is 1. The van der Waals surface area contributed by atoms with Gasteiger partial charge in [-0.25, -0.2) is 9.78 Å². The van der Waals surface area contributed by atoms with Gasteiger partial charge < -0.3 is 31.7 Å². The zero-order valence-electron chi connectivity index (χ0n) is 26.2. The Hall–Kier alpha value is -3.92. The molecule has 5 rings (SSSR count). The number of amides is 2. The molecule has 1 unspecified atom stereocenters. The van der Waals surface area contributed by atoms with Gasteiger partial charge in [-0.1, -0.05) is 0 Å². The number of carbonyl (C=O) groups is 3. The molecule has 1 aromatic heterocycles. The second kappa shape index (κ2) is 13.2. The topological polar surface area (TPSA) is 278 Å². The van der Waals surface area contributed by atoms with E-state index < -0.39 is 57.5 Å². The number of amidine groups is 1. The highest BCUT2D eigenvalue weighted by molar-refractivity contribution is 7.80. The maximum atomic E-state index is 13.5. The van der Waals surface area contributed by atoms with Crippen LogP contribution in [0.5, 0.6) is 5.75 Å². The number of nitrogens with zero attached hydrogens (tertiary/aromatic N) is 3. The first-order valence-corrected chi connectivity index (χ1v) is 17.1. The predicted octanol–water partition coefficient (Wildman–Crippen LogP) is -0.159. The van der Waals surface area contributed by atoms with E-state index >= 15 is 0 Å². The molecule has 1 aromatic carbocycles. The summed E-state index contributed by atoms with van der Waals surface area (Å²) in [6.07, 6.45) is 1.15. The van der Waals surface area contributed by atoms with Gasteiger partial charge >= 0.3 is 16.4 Å². The van der Waals surface area contributed by atoms with Crippen molar-refractivity contribution in [2.45, 2.75) is 81.8 Å². The molecule has 20 heteroatoms. The fourth-order valence-electron chi connectivity index (χ4n) is 5.72. The summed E-state index contributed by atoms with van der Waals surface area (Å²) in [5.41, 5.74) is 12.6. The number of aliphatic hydroxyl groups is 1. The number of hydrogen-bond donors (Lipinski definition) is 7. The van der Waals surface area contributed by atoms with Crippen LogP contribution in [0.1, 0.15) is 62.9 Å². The Morgan fingerprint density at radius 2 is 2.04 bits per heavy atom. The SMILES string of the molecule is CC1(C)[C@H](NC(=O)C(NO[C@](C)(C(=O)O)[C@H]2CCc3cc(C(N)=NC4CC(CO)C4)ccc3O2)c2csc(N)n2)C(=O)N1OS(=O)(=O)O. The minimum atomic E-state index is -5.02. The number of carbonyl (C=O) groups excluding carboxylic acids is 2. The van der Waals surface area contributed by atoms with Gasteiger partial charge in [0.25, 0.3) is 5.91 Å². The van der Waals surface area contributed by atoms with E-state index in [-0.39, 0.29) is 35.8 Å². The fraction of sp³-hybridized carbons (Fsp3) is 0.536. The quantitative estimate of drug-likeness (QED) is 0.0467. The Labute approximate surface area is 279 Å². The van der Waals surface area contributed by atoms with E-state index in [9.17, 15) is 33.0 Å². The van der Waals surface area contributed by atoms with Gasteiger partial charge in [-0.05, 0) is 76.1 Å². The highest BCUT2D eigenvalue weighted by Crippen LogP contribution is 2.36. The molecule has 18 nitrogen and oxygen atoms in total. The first-order valence-electron chi connectivity index (χ1n) is 14.9. The molecule has 0 spiro atoms. The van der Waals surface area contributed by atoms with Gasteiger partial charge in [-0.3, -0.25) is 24.0 Å². The van der Waals surface area contributed by atoms with Crippen molar-refractivity contribution in [1.82, 2.24) is 20.8 Å². The van der Waals surface area contributed by atoms with Crippen LogP contribution in [0.3, 0.4) is 0 Å². The molecule has 48 heavy (non-hydrogen) atoms. The molecule has 262 valence electrons. The number of aliphatic carboxylic acids is 1. The van der Waals surface area contributed by atoms with Crippen molar-refractivity contribution >= 4 is 50.5 Å². The summed E-state index contributed by atoms with van der Waals surface area (Å²) >= 11 is 1.00. The highest BCUT2D eigenvalue weighted by Gasteiger charge is 2.58. The minimum Gasteiger partial charge on any atom is -0.486 e. The standard InChI is InChI=1S/C28H37N7O11S2/c1-27(2)21(24(38)35(27)46-48(41,42)43)33-23(37)20(17-12-47-26(30)32-17)34-45-28(3,25(39)40)19-7-5-14-10-15(4-6-18(14)44-19)22(29)31-16-8-13(9-16)11-36/h4,6,10,12-13,16,19-21,34,36H,5,7-9,11H2,1-3H3,(H2,29,31)(H2,30,32)(H,33,37)(H,39,40)(H,41,42,43)/t13?,16?,19-,20?,21-,28+/m1/s1. The second-order valence-corrected chi connectivity index (χ2v) is 14.5. The minimum absolute atomic E-state index is 0.0498. The normalized spacial score (nSPS) is 25.5. The number of benzene rings is 1. The average molecular weight is 712 g/mol. The van der Waals surface area contributed by atoms with E-state index in [1.54, 1.807) is 12.1 Å². The number of anilines is 1. The van der Waals surface area contributed by atoms with Gasteiger partial charge in [0.2, 0.25) is 11.5 Å². The zero-order chi connectivity index (χ0) is 35.2. The predicted molar refractivity (Wildman–Crippen MR) is 169 cm³/mol. The number of nitrogens with two attached hydrogens (primary N) is 2. The summed E-state index contributed by atoms with van der Waals surface area (Å²) in [6.45, 7) is 4.18. The number of carboxylic acid groups (broad SMARTS) is 1. The molecular formula is C28H37N7O11S2. The Balaban J connectivity index is 1.29. The summed E-state index contributed by atoms with van der Waals surface area (Å²) in [5.74, 6) is -2.23. The highest BCUT2D eigenvalue weighted by atomic mass is 32.3. The maximum absolute atomic E-state index is 13.5. The zero-order valence-corrected chi connectivity index (χ0v) is 27.8. The summed E-state index contributed by atoms with van der Waals surface area (Å²) in [7, 11) is -5.02. The van der Waals surface area contributed by atoms with Gasteiger partial charge in [-0.15, -0.1) is 15.6 Å². The van der Waals surface area contributed by atoms with E-state index in [1.807, 2.05) is 6.07 Å². The van der Waals surface area contributed by atoms with E-state index in [4.69, 9.17) is 25.6 Å². The second-order valence-electron chi connectivity index (χ2n) is 12.6. The Kier molecular flexibility index (Phi) is 9.72. The molecule has 3 aliphatic rings. The van der Waals surface area contributed by atoms with Crippen LogP contribution < -0.4 is 27.0 Å². The van der Waals surface area contributed by atoms with Gasteiger partial charge in [-0.2, -0.15) is 19.0 Å². The van der Waals surface area contributed by atoms with Crippen LogP contribution in [0.2, 0.25) is 0 Å². The van der Waals surface area contributed by atoms with Crippen molar-refractivity contribution in [2.24, 2.45) is 16.6 Å². The number of ether oxygens (including phenoxy) is 1. The lowest BCUT2D eigenvalue weighted by atomic mass is 9.81. The number of rotatable bonds is 13. The van der Waals surface area contributed by atoms with Crippen molar-refractivity contribution < 1.29 is 51.4 Å². The number of hydrogen-bond acceptors (Lipinski definition) is 14. The number of nitrogens with one attached hydrogen (secondary N) is 2. The van der Waals surface area contributed by atoms with Gasteiger partial charge in [0.15, 0.2) is 11.2 Å². The molecule has 3 heterocycles. The molecule has 2 fully saturated rings. The molecule has 1 saturated carbocycles. The van der Waals surface area contributed by atoms with Crippen molar-refractivity contribution in [3.8, 4) is 5.75 Å². The monoisotopic (exact) mass is 711 g/mol. The first kappa shape index (κ1) is 35.4. The lowest BCUT2D eigenvalue weighted by molar-refractivity contribution is -0.219. The number of β-lactam (4-membered cyclic amide) rings is 1. The molecule has 1 saturated heterocycles. The van der Waals surface area contributed by atoms with Crippen LogP contribution in [-0.4, -0.2) is 92.8 Å². The molecule has 2 aliphatic heterocycles. The van der Waals surface area contributed by atoms with E-state index in [0.717, 1.165) is 29.7 Å². The Bertz CT molecular complexity index is 1730. The Morgan fingerprint density at radius 3 is 2.62 bits per heavy atom. The van der Waals surface area contributed by atoms with Crippen molar-refractivity contribution in [3.63, 3.8) is 0 Å². The van der Waals surface area contributed by atoms with Crippen LogP contribution in [0.25, 0.3) is 0 Å². The van der Waals surface area contributed by atoms with Crippen molar-refractivity contribution in [1.29, 1.82) is 0 Å². The van der Waals surface area contributed by atoms with Crippen LogP contribution >= 0.6 is 11.3 Å². The van der Waals surface area contributed by atoms with Crippen LogP contribution in [0, 0.1) is 5.92 Å². The van der Waals surface area contributed by atoms with E-state index in [2.05, 4.69) is 25.1 Å². The van der Waals surface area contributed by atoms with Gasteiger partial charge in [0.05, 0.1) is 17.3 Å². The van der Waals surface area contributed by atoms with Gasteiger partial charge in [0, 0.05) is 17.6 Å². The fourth-order valence-corrected chi connectivity index (χ4v) is 6.76. The molecule has 0 radical (unpaired) electrons. The summed E-state index contributed by atoms with van der Waals surface area (Å²) in [6, 6.07) is 2.50. The summed E-state index contributed by atoms with van der Waals surface area (Å²) in [4.78, 5) is 53.1. The molecular weight excluding hydrogens is 674 g/mol. The number of aromatic nitrogens is 1. The van der Waals surface area contributed by atoms with Crippen LogP contribution in [0.4, 0.5) is 5.13 Å². The number of aliphatic hydroxyl groups excluding tert-OH is 1. The Morgan fingerprint density at radius 1 is 1.33 bits per heavy atom. The lowest BCUT2D eigenvalue weighted by Gasteiger charge is -2.50. The van der Waals surface area contributed by atoms with Crippen LogP contribution in [-0.2, 0) is 40.3 Å². The first-order chi connectivity index (χ1) is 22.4. The summed E-state index contributed by atoms with van der Waals surface area (Å²) in [5, 5.41) is 23.9. The summed E-state index contributed by atoms with van der Waals surface area (Å²) < 4.78 is 41.7. The number of hydroxylamine groups is 3. The molecule has 0 bridgehead atoms. The molecule has 2 amide bonds. The third kappa shape index (κ3) is 7.09. The van der Waals surface area contributed by atoms with E-state index in [0.29, 0.717) is 28.6 Å². The molecule has 1 aliphatic carbocycles. The smallest absolute Gasteiger partial charge is 0.418 e. The van der Waals surface area contributed by atoms with E-state index in [1.165, 1.54) is 26.2 Å². The molecule has 2 aromatic rings. The average Bonchev–Trinajstić information content (AvgIpc) is 3.44. The number of aryl methyl sites for hydroxylation is 1. The van der Waals surface area contributed by atoms with Gasteiger partial charge in [0.1, 0.15) is 23.7 Å². The molecule has 9 N–H and O–H groups in total. The van der Waals surface area contributed by atoms with Crippen LogP contribution in [0.15, 0.2) is 28.6 Å². The number of thiazole rings is 1. The number of nitrogen functional groups attached to an aromatic ring is 1. The van der Waals surface area contributed by atoms with Crippen molar-refractivity contribution in [3.05, 3.63) is 40.4 Å². The van der Waals surface area contributed by atoms with Crippen molar-refractivity contribution in [2.75, 3.05) is 12.3 Å². The maximum Gasteiger partial charge on any atom is 0.418 e. The largest absolute Gasteiger partial charge is 0.486 e. The number of fused-ring (bicyclic) bond motifs is 1. The molecule has 4 atom stereocenters. The lowest BCUT2D eigenvalue weighted by Crippen LogP contribution is -2.77. The third-order valence-corrected chi connectivity index (χ3v) is 9.78.